The lowest BCUT2D eigenvalue weighted by molar-refractivity contribution is 0.467. The summed E-state index contributed by atoms with van der Waals surface area (Å²) in [5.41, 5.74) is 3.58. The second-order valence-corrected chi connectivity index (χ2v) is 7.96. The molecule has 0 radical (unpaired) electrons. The summed E-state index contributed by atoms with van der Waals surface area (Å²) in [5, 5.41) is 20.5. The molecular formula is C20H26O2. The zero-order valence-electron chi connectivity index (χ0n) is 14.4. The third-order valence-corrected chi connectivity index (χ3v) is 4.02. The molecule has 0 bridgehead atoms. The van der Waals surface area contributed by atoms with Gasteiger partial charge in [0.05, 0.1) is 0 Å². The van der Waals surface area contributed by atoms with Gasteiger partial charge in [0.2, 0.25) is 0 Å². The number of benzene rings is 2. The molecule has 2 N–H and O–H groups in total. The van der Waals surface area contributed by atoms with E-state index in [1.54, 1.807) is 12.1 Å². The van der Waals surface area contributed by atoms with Crippen molar-refractivity contribution in [2.24, 2.45) is 0 Å². The number of rotatable bonds is 1. The average molecular weight is 298 g/mol. The van der Waals surface area contributed by atoms with Gasteiger partial charge >= 0.3 is 0 Å². The van der Waals surface area contributed by atoms with E-state index in [0.717, 1.165) is 11.1 Å². The molecule has 22 heavy (non-hydrogen) atoms. The predicted molar refractivity (Wildman–Crippen MR) is 92.6 cm³/mol. The van der Waals surface area contributed by atoms with Gasteiger partial charge in [-0.15, -0.1) is 0 Å². The van der Waals surface area contributed by atoms with Crippen LogP contribution in [0, 0.1) is 0 Å². The topological polar surface area (TPSA) is 40.5 Å². The minimum absolute atomic E-state index is 0.0142. The van der Waals surface area contributed by atoms with Crippen molar-refractivity contribution < 1.29 is 10.2 Å². The Morgan fingerprint density at radius 3 is 1.18 bits per heavy atom. The molecule has 0 fully saturated rings. The van der Waals surface area contributed by atoms with E-state index in [0.29, 0.717) is 11.1 Å². The molecule has 118 valence electrons. The van der Waals surface area contributed by atoms with Crippen molar-refractivity contribution in [3.8, 4) is 22.6 Å². The van der Waals surface area contributed by atoms with E-state index in [1.165, 1.54) is 0 Å². The standard InChI is InChI=1S/C20H26O2/c1-19(2,3)13-7-9-17(21)15(11-13)16-12-14(20(4,5)6)8-10-18(16)22/h7-12,21-22H,1-6H3. The molecule has 2 rings (SSSR count). The van der Waals surface area contributed by atoms with Crippen molar-refractivity contribution in [3.05, 3.63) is 47.5 Å². The zero-order chi connectivity index (χ0) is 16.7. The van der Waals surface area contributed by atoms with Gasteiger partial charge in [0.1, 0.15) is 11.5 Å². The molecule has 0 aromatic heterocycles. The Hall–Kier alpha value is -1.96. The number of hydrogen-bond donors (Lipinski definition) is 2. The van der Waals surface area contributed by atoms with Gasteiger partial charge in [-0.1, -0.05) is 53.7 Å². The molecule has 0 saturated carbocycles. The van der Waals surface area contributed by atoms with Crippen LogP contribution in [0.3, 0.4) is 0 Å². The zero-order valence-corrected chi connectivity index (χ0v) is 14.4. The molecule has 0 amide bonds. The third kappa shape index (κ3) is 3.27. The normalized spacial score (nSPS) is 12.5. The molecule has 0 aliphatic heterocycles. The second-order valence-electron chi connectivity index (χ2n) is 7.96. The fourth-order valence-corrected chi connectivity index (χ4v) is 2.44. The van der Waals surface area contributed by atoms with Gasteiger partial charge in [-0.2, -0.15) is 0 Å². The maximum atomic E-state index is 10.3. The number of aromatic hydroxyl groups is 2. The number of phenols is 2. The predicted octanol–water partition coefficient (Wildman–Crippen LogP) is 5.36. The van der Waals surface area contributed by atoms with Crippen LogP contribution in [0.4, 0.5) is 0 Å². The molecule has 2 heteroatoms. The summed E-state index contributed by atoms with van der Waals surface area (Å²) in [6.45, 7) is 12.8. The lowest BCUT2D eigenvalue weighted by Crippen LogP contribution is -2.11. The first-order valence-electron chi connectivity index (χ1n) is 7.67. The lowest BCUT2D eigenvalue weighted by Gasteiger charge is -2.22. The summed E-state index contributed by atoms with van der Waals surface area (Å²) in [5.74, 6) is 0.378. The van der Waals surface area contributed by atoms with Gasteiger partial charge in [-0.25, -0.2) is 0 Å². The van der Waals surface area contributed by atoms with Crippen molar-refractivity contribution in [3.63, 3.8) is 0 Å². The van der Waals surface area contributed by atoms with E-state index in [1.807, 2.05) is 24.3 Å². The summed E-state index contributed by atoms with van der Waals surface area (Å²) >= 11 is 0. The first kappa shape index (κ1) is 16.4. The van der Waals surface area contributed by atoms with Crippen LogP contribution >= 0.6 is 0 Å². The summed E-state index contributed by atoms with van der Waals surface area (Å²) < 4.78 is 0. The molecule has 0 saturated heterocycles. The van der Waals surface area contributed by atoms with Crippen LogP contribution in [-0.2, 0) is 10.8 Å². The maximum Gasteiger partial charge on any atom is 0.123 e. The molecule has 0 atom stereocenters. The summed E-state index contributed by atoms with van der Waals surface area (Å²) in [4.78, 5) is 0. The van der Waals surface area contributed by atoms with E-state index < -0.39 is 0 Å². The Bertz CT molecular complexity index is 624. The molecule has 2 aromatic rings. The van der Waals surface area contributed by atoms with Crippen LogP contribution in [0.15, 0.2) is 36.4 Å². The molecule has 2 aromatic carbocycles. The fraction of sp³-hybridized carbons (Fsp3) is 0.400. The molecule has 0 heterocycles. The van der Waals surface area contributed by atoms with Crippen LogP contribution in [-0.4, -0.2) is 10.2 Å². The summed E-state index contributed by atoms with van der Waals surface area (Å²) in [6.07, 6.45) is 0. The number of phenolic OH excluding ortho intramolecular Hbond substituents is 2. The summed E-state index contributed by atoms with van der Waals surface area (Å²) in [6, 6.07) is 11.2. The number of hydrogen-bond acceptors (Lipinski definition) is 2. The van der Waals surface area contributed by atoms with Gasteiger partial charge in [0.15, 0.2) is 0 Å². The van der Waals surface area contributed by atoms with Gasteiger partial charge in [-0.3, -0.25) is 0 Å². The van der Waals surface area contributed by atoms with Crippen molar-refractivity contribution >= 4 is 0 Å². The molecule has 0 spiro atoms. The van der Waals surface area contributed by atoms with Crippen molar-refractivity contribution in [2.75, 3.05) is 0 Å². The Morgan fingerprint density at radius 2 is 0.909 bits per heavy atom. The van der Waals surface area contributed by atoms with E-state index >= 15 is 0 Å². The highest BCUT2D eigenvalue weighted by Gasteiger charge is 2.20. The van der Waals surface area contributed by atoms with Crippen molar-refractivity contribution in [1.82, 2.24) is 0 Å². The van der Waals surface area contributed by atoms with Crippen LogP contribution in [0.1, 0.15) is 52.7 Å². The first-order chi connectivity index (χ1) is 10.00. The van der Waals surface area contributed by atoms with Gasteiger partial charge in [-0.05, 0) is 46.2 Å². The molecule has 0 aliphatic rings. The minimum Gasteiger partial charge on any atom is -0.507 e. The van der Waals surface area contributed by atoms with E-state index in [-0.39, 0.29) is 22.3 Å². The van der Waals surface area contributed by atoms with Gasteiger partial charge in [0, 0.05) is 11.1 Å². The van der Waals surface area contributed by atoms with Gasteiger partial charge in [0.25, 0.3) is 0 Å². The summed E-state index contributed by atoms with van der Waals surface area (Å²) in [7, 11) is 0. The van der Waals surface area contributed by atoms with E-state index in [2.05, 4.69) is 41.5 Å². The van der Waals surface area contributed by atoms with Crippen molar-refractivity contribution in [2.45, 2.75) is 52.4 Å². The van der Waals surface area contributed by atoms with Gasteiger partial charge < -0.3 is 10.2 Å². The quantitative estimate of drug-likeness (QED) is 0.744. The Balaban J connectivity index is 2.66. The Labute approximate surface area is 133 Å². The smallest absolute Gasteiger partial charge is 0.123 e. The maximum absolute atomic E-state index is 10.3. The average Bonchev–Trinajstić information content (AvgIpc) is 2.37. The molecular weight excluding hydrogens is 272 g/mol. The van der Waals surface area contributed by atoms with E-state index in [4.69, 9.17) is 0 Å². The van der Waals surface area contributed by atoms with Crippen LogP contribution in [0.2, 0.25) is 0 Å². The minimum atomic E-state index is -0.0142. The second kappa shape index (κ2) is 5.35. The fourth-order valence-electron chi connectivity index (χ4n) is 2.44. The van der Waals surface area contributed by atoms with Crippen molar-refractivity contribution in [1.29, 1.82) is 0 Å². The first-order valence-corrected chi connectivity index (χ1v) is 7.67. The van der Waals surface area contributed by atoms with E-state index in [9.17, 15) is 10.2 Å². The van der Waals surface area contributed by atoms with Crippen LogP contribution in [0.25, 0.3) is 11.1 Å². The highest BCUT2D eigenvalue weighted by atomic mass is 16.3. The Kier molecular flexibility index (Phi) is 3.99. The molecule has 0 aliphatic carbocycles. The lowest BCUT2D eigenvalue weighted by atomic mass is 9.83. The highest BCUT2D eigenvalue weighted by molar-refractivity contribution is 5.76. The monoisotopic (exact) mass is 298 g/mol. The molecule has 0 unspecified atom stereocenters. The SMILES string of the molecule is CC(C)(C)c1ccc(O)c(-c2cc(C(C)(C)C)ccc2O)c1. The van der Waals surface area contributed by atoms with Crippen LogP contribution < -0.4 is 0 Å². The largest absolute Gasteiger partial charge is 0.507 e. The Morgan fingerprint density at radius 1 is 0.591 bits per heavy atom. The van der Waals surface area contributed by atoms with Crippen LogP contribution in [0.5, 0.6) is 11.5 Å². The third-order valence-electron chi connectivity index (χ3n) is 4.02. The molecule has 2 nitrogen and oxygen atoms in total. The highest BCUT2D eigenvalue weighted by Crippen LogP contribution is 2.40.